The Morgan fingerprint density at radius 3 is 2.03 bits per heavy atom. The fraction of sp³-hybridized carbons (Fsp3) is 0.0690. The number of alkyl halides is 1. The summed E-state index contributed by atoms with van der Waals surface area (Å²) in [6, 6.07) is 37.5. The predicted molar refractivity (Wildman–Crippen MR) is 136 cm³/mol. The summed E-state index contributed by atoms with van der Waals surface area (Å²) in [6.45, 7) is 1.55. The number of hydrogen-bond acceptors (Lipinski definition) is 3. The molecule has 5 heteroatoms. The SMILES string of the molecule is CC(F)(c1[c-]c(-c2[c-]c3ccccc3s2)ccc1)c1cccc(-c2[c-]c3ccccc3s2)n1.[Pt]. The van der Waals surface area contributed by atoms with E-state index in [-0.39, 0.29) is 21.1 Å². The maximum absolute atomic E-state index is 16.2. The normalized spacial score (nSPS) is 13.0. The minimum atomic E-state index is -1.79. The second-order valence-corrected chi connectivity index (χ2v) is 10.1. The van der Waals surface area contributed by atoms with Gasteiger partial charge in [0.05, 0.1) is 5.69 Å². The third-order valence-corrected chi connectivity index (χ3v) is 7.90. The Balaban J connectivity index is 0.00000241. The van der Waals surface area contributed by atoms with E-state index >= 15 is 4.39 Å². The van der Waals surface area contributed by atoms with Crippen molar-refractivity contribution < 1.29 is 25.5 Å². The van der Waals surface area contributed by atoms with E-state index in [4.69, 9.17) is 4.98 Å². The molecule has 0 aliphatic rings. The van der Waals surface area contributed by atoms with Gasteiger partial charge in [0, 0.05) is 26.8 Å². The van der Waals surface area contributed by atoms with Crippen LogP contribution in [0.3, 0.4) is 0 Å². The number of nitrogens with zero attached hydrogens (tertiary/aromatic N) is 1. The first-order valence-electron chi connectivity index (χ1n) is 10.6. The van der Waals surface area contributed by atoms with Crippen LogP contribution in [0.15, 0.2) is 84.9 Å². The van der Waals surface area contributed by atoms with Crippen LogP contribution in [0.1, 0.15) is 18.2 Å². The fourth-order valence-corrected chi connectivity index (χ4v) is 5.87. The first kappa shape index (κ1) is 23.1. The number of pyridine rings is 1. The van der Waals surface area contributed by atoms with E-state index in [0.717, 1.165) is 41.2 Å². The molecule has 1 nitrogen and oxygen atoms in total. The standard InChI is InChI=1S/C29H17FNS2.Pt/c1-29(30,22-11-6-10-19(16-22)26-17-20-8-2-4-13-24(20)32-26)28-15-7-12-23(31-28)27-18-21-9-3-5-14-25(21)33-27;/h2-15H,1H3;/q-3;. The van der Waals surface area contributed by atoms with Gasteiger partial charge in [-0.1, -0.05) is 46.7 Å². The minimum absolute atomic E-state index is 0. The first-order valence-corrected chi connectivity index (χ1v) is 12.2. The van der Waals surface area contributed by atoms with Crippen LogP contribution in [-0.4, -0.2) is 4.98 Å². The zero-order valence-corrected chi connectivity index (χ0v) is 21.9. The van der Waals surface area contributed by atoms with Crippen molar-refractivity contribution in [3.8, 4) is 21.0 Å². The van der Waals surface area contributed by atoms with E-state index in [1.54, 1.807) is 41.7 Å². The van der Waals surface area contributed by atoms with Crippen LogP contribution in [0.2, 0.25) is 0 Å². The van der Waals surface area contributed by atoms with Gasteiger partial charge >= 0.3 is 0 Å². The molecule has 0 aliphatic heterocycles. The van der Waals surface area contributed by atoms with Gasteiger partial charge in [0.15, 0.2) is 5.67 Å². The molecule has 1 unspecified atom stereocenters. The number of hydrogen-bond donors (Lipinski definition) is 0. The van der Waals surface area contributed by atoms with Crippen molar-refractivity contribution in [3.05, 3.63) is 114 Å². The summed E-state index contributed by atoms with van der Waals surface area (Å²) in [7, 11) is 0. The van der Waals surface area contributed by atoms with Gasteiger partial charge in [-0.05, 0) is 22.6 Å². The van der Waals surface area contributed by atoms with Crippen molar-refractivity contribution in [2.45, 2.75) is 12.6 Å². The van der Waals surface area contributed by atoms with Crippen molar-refractivity contribution in [1.29, 1.82) is 0 Å². The number of rotatable bonds is 4. The Bertz CT molecular complexity index is 1430. The zero-order valence-electron chi connectivity index (χ0n) is 18.0. The minimum Gasteiger partial charge on any atom is -0.296 e. The van der Waals surface area contributed by atoms with E-state index in [2.05, 4.69) is 30.3 Å². The third-order valence-electron chi connectivity index (χ3n) is 5.70. The van der Waals surface area contributed by atoms with E-state index in [9.17, 15) is 0 Å². The quantitative estimate of drug-likeness (QED) is 0.173. The molecule has 3 aromatic carbocycles. The molecule has 0 amide bonds. The summed E-state index contributed by atoms with van der Waals surface area (Å²) in [6.07, 6.45) is 0. The van der Waals surface area contributed by atoms with Crippen LogP contribution in [-0.2, 0) is 26.7 Å². The Morgan fingerprint density at radius 1 is 0.706 bits per heavy atom. The Kier molecular flexibility index (Phi) is 6.24. The molecule has 170 valence electrons. The third kappa shape index (κ3) is 4.15. The number of fused-ring (bicyclic) bond motifs is 2. The molecule has 6 aromatic rings. The molecule has 6 rings (SSSR count). The van der Waals surface area contributed by atoms with Gasteiger partial charge in [-0.2, -0.15) is 24.3 Å². The average molecular weight is 658 g/mol. The zero-order chi connectivity index (χ0) is 22.4. The number of halogens is 1. The summed E-state index contributed by atoms with van der Waals surface area (Å²) in [5, 5.41) is 2.11. The fourth-order valence-electron chi connectivity index (χ4n) is 3.91. The summed E-state index contributed by atoms with van der Waals surface area (Å²) in [4.78, 5) is 6.57. The molecule has 3 heterocycles. The molecule has 34 heavy (non-hydrogen) atoms. The Labute approximate surface area is 220 Å². The van der Waals surface area contributed by atoms with E-state index in [1.165, 1.54) is 0 Å². The number of thiophene rings is 2. The monoisotopic (exact) mass is 657 g/mol. The van der Waals surface area contributed by atoms with Crippen LogP contribution >= 0.6 is 22.7 Å². The van der Waals surface area contributed by atoms with E-state index in [0.29, 0.717) is 11.3 Å². The van der Waals surface area contributed by atoms with Gasteiger partial charge in [-0.25, -0.2) is 21.3 Å². The molecule has 0 bridgehead atoms. The van der Waals surface area contributed by atoms with Gasteiger partial charge < -0.3 is 0 Å². The van der Waals surface area contributed by atoms with Crippen LogP contribution in [0, 0.1) is 18.2 Å². The van der Waals surface area contributed by atoms with Crippen LogP contribution < -0.4 is 0 Å². The molecule has 0 aliphatic carbocycles. The molecule has 1 atom stereocenters. The topological polar surface area (TPSA) is 12.9 Å². The van der Waals surface area contributed by atoms with Crippen molar-refractivity contribution in [2.75, 3.05) is 0 Å². The molecular weight excluding hydrogens is 641 g/mol. The van der Waals surface area contributed by atoms with Gasteiger partial charge in [-0.3, -0.25) is 16.3 Å². The molecule has 0 fully saturated rings. The van der Waals surface area contributed by atoms with Crippen LogP contribution in [0.5, 0.6) is 0 Å². The molecule has 3 aromatic heterocycles. The van der Waals surface area contributed by atoms with E-state index < -0.39 is 5.67 Å². The molecule has 0 N–H and O–H groups in total. The first-order chi connectivity index (χ1) is 16.1. The predicted octanol–water partition coefficient (Wildman–Crippen LogP) is 8.48. The van der Waals surface area contributed by atoms with Crippen LogP contribution in [0.25, 0.3) is 41.2 Å². The second-order valence-electron chi connectivity index (χ2n) is 7.99. The maximum Gasteiger partial charge on any atom is 0.156 e. The van der Waals surface area contributed by atoms with Gasteiger partial charge in [0.1, 0.15) is 0 Å². The molecular formula is C29H17FNPtS2-3. The van der Waals surface area contributed by atoms with E-state index in [1.807, 2.05) is 60.7 Å². The van der Waals surface area contributed by atoms with Crippen molar-refractivity contribution in [3.63, 3.8) is 0 Å². The van der Waals surface area contributed by atoms with Crippen molar-refractivity contribution >= 4 is 42.8 Å². The van der Waals surface area contributed by atoms with Crippen molar-refractivity contribution in [2.24, 2.45) is 0 Å². The van der Waals surface area contributed by atoms with Crippen LogP contribution in [0.4, 0.5) is 4.39 Å². The Morgan fingerprint density at radius 2 is 1.32 bits per heavy atom. The number of benzene rings is 3. The summed E-state index contributed by atoms with van der Waals surface area (Å²) < 4.78 is 18.5. The molecule has 0 radical (unpaired) electrons. The molecule has 0 saturated carbocycles. The van der Waals surface area contributed by atoms with Gasteiger partial charge in [-0.15, -0.1) is 52.0 Å². The Hall–Kier alpha value is -2.65. The number of aromatic nitrogens is 1. The molecule has 0 spiro atoms. The summed E-state index contributed by atoms with van der Waals surface area (Å²) >= 11 is 3.26. The van der Waals surface area contributed by atoms with Gasteiger partial charge in [0.2, 0.25) is 0 Å². The summed E-state index contributed by atoms with van der Waals surface area (Å²) in [5.41, 5.74) is 0.591. The largest absolute Gasteiger partial charge is 0.296 e. The summed E-state index contributed by atoms with van der Waals surface area (Å²) in [5.74, 6) is 0. The van der Waals surface area contributed by atoms with Crippen molar-refractivity contribution in [1.82, 2.24) is 4.98 Å². The van der Waals surface area contributed by atoms with Gasteiger partial charge in [0.25, 0.3) is 0 Å². The smallest absolute Gasteiger partial charge is 0.156 e. The maximum atomic E-state index is 16.2. The second kappa shape index (κ2) is 9.18. The molecule has 0 saturated heterocycles. The average Bonchev–Trinajstić information content (AvgIpc) is 3.49.